The third-order valence-corrected chi connectivity index (χ3v) is 2.78. The first-order valence-electron chi connectivity index (χ1n) is 6.00. The Bertz CT molecular complexity index is 586. The zero-order chi connectivity index (χ0) is 14.5. The minimum Gasteiger partial charge on any atom is -0.493 e. The van der Waals surface area contributed by atoms with Gasteiger partial charge in [-0.1, -0.05) is 18.2 Å². The molecule has 2 aromatic rings. The second-order valence-electron chi connectivity index (χ2n) is 4.03. The smallest absolute Gasteiger partial charge is 0.492 e. The fraction of sp³-hybridized carbons (Fsp3) is 0.143. The normalized spacial score (nSPS) is 10.0. The molecule has 0 unspecified atom stereocenters. The van der Waals surface area contributed by atoms with Gasteiger partial charge in [0, 0.05) is 11.5 Å². The molecule has 0 aliphatic heterocycles. The highest BCUT2D eigenvalue weighted by Crippen LogP contribution is 2.32. The van der Waals surface area contributed by atoms with Crippen molar-refractivity contribution >= 4 is 12.6 Å². The van der Waals surface area contributed by atoms with Gasteiger partial charge in [-0.15, -0.1) is 0 Å². The van der Waals surface area contributed by atoms with Crippen molar-refractivity contribution in [3.8, 4) is 23.0 Å². The molecule has 0 amide bonds. The average molecular weight is 274 g/mol. The summed E-state index contributed by atoms with van der Waals surface area (Å²) in [5.74, 6) is 2.01. The lowest BCUT2D eigenvalue weighted by Crippen LogP contribution is -2.30. The number of methoxy groups -OCH3 is 2. The maximum Gasteiger partial charge on any atom is 0.492 e. The number of rotatable bonds is 5. The first-order chi connectivity index (χ1) is 9.65. The molecule has 2 aromatic carbocycles. The quantitative estimate of drug-likeness (QED) is 0.801. The number of ether oxygens (including phenoxy) is 3. The summed E-state index contributed by atoms with van der Waals surface area (Å²) in [5, 5.41) is 18.6. The van der Waals surface area contributed by atoms with Gasteiger partial charge >= 0.3 is 7.12 Å². The van der Waals surface area contributed by atoms with Crippen molar-refractivity contribution in [2.24, 2.45) is 0 Å². The molecule has 0 aliphatic rings. The van der Waals surface area contributed by atoms with Crippen LogP contribution in [0.5, 0.6) is 23.0 Å². The summed E-state index contributed by atoms with van der Waals surface area (Å²) in [6.07, 6.45) is 0. The predicted octanol–water partition coefficient (Wildman–Crippen LogP) is 1.18. The zero-order valence-electron chi connectivity index (χ0n) is 11.2. The molecule has 0 radical (unpaired) electrons. The van der Waals surface area contributed by atoms with Crippen molar-refractivity contribution in [2.45, 2.75) is 0 Å². The van der Waals surface area contributed by atoms with Gasteiger partial charge in [-0.3, -0.25) is 0 Å². The lowest BCUT2D eigenvalue weighted by molar-refractivity contribution is 0.352. The van der Waals surface area contributed by atoms with Gasteiger partial charge < -0.3 is 24.3 Å². The molecule has 0 spiro atoms. The number of benzene rings is 2. The van der Waals surface area contributed by atoms with Gasteiger partial charge in [0.25, 0.3) is 0 Å². The molecule has 0 heterocycles. The Balaban J connectivity index is 2.31. The largest absolute Gasteiger partial charge is 0.493 e. The summed E-state index contributed by atoms with van der Waals surface area (Å²) in [7, 11) is 1.49. The molecular weight excluding hydrogens is 259 g/mol. The molecule has 2 rings (SSSR count). The molecule has 0 aromatic heterocycles. The van der Waals surface area contributed by atoms with E-state index in [-0.39, 0.29) is 0 Å². The SMILES string of the molecule is COc1ccc(Oc2ccccc2B(O)O)cc1OC. The molecule has 5 nitrogen and oxygen atoms in total. The topological polar surface area (TPSA) is 68.2 Å². The Kier molecular flexibility index (Phi) is 4.50. The van der Waals surface area contributed by atoms with E-state index in [9.17, 15) is 10.0 Å². The van der Waals surface area contributed by atoms with E-state index >= 15 is 0 Å². The Morgan fingerprint density at radius 1 is 0.850 bits per heavy atom. The van der Waals surface area contributed by atoms with Crippen molar-refractivity contribution in [1.29, 1.82) is 0 Å². The summed E-state index contributed by atoms with van der Waals surface area (Å²) in [6, 6.07) is 11.8. The molecule has 0 bridgehead atoms. The minimum absolute atomic E-state index is 0.294. The van der Waals surface area contributed by atoms with Crippen molar-refractivity contribution in [3.05, 3.63) is 42.5 Å². The van der Waals surface area contributed by atoms with Crippen LogP contribution in [0.15, 0.2) is 42.5 Å². The minimum atomic E-state index is -1.59. The van der Waals surface area contributed by atoms with Crippen LogP contribution in [0.25, 0.3) is 0 Å². The lowest BCUT2D eigenvalue weighted by Gasteiger charge is -2.13. The van der Waals surface area contributed by atoms with E-state index < -0.39 is 7.12 Å². The van der Waals surface area contributed by atoms with E-state index in [0.29, 0.717) is 28.5 Å². The van der Waals surface area contributed by atoms with Crippen molar-refractivity contribution < 1.29 is 24.3 Å². The van der Waals surface area contributed by atoms with E-state index in [1.807, 2.05) is 0 Å². The van der Waals surface area contributed by atoms with Crippen LogP contribution >= 0.6 is 0 Å². The number of hydrogen-bond acceptors (Lipinski definition) is 5. The zero-order valence-corrected chi connectivity index (χ0v) is 11.2. The van der Waals surface area contributed by atoms with E-state index in [2.05, 4.69) is 0 Å². The van der Waals surface area contributed by atoms with E-state index in [4.69, 9.17) is 14.2 Å². The molecule has 0 saturated carbocycles. The van der Waals surface area contributed by atoms with Crippen LogP contribution in [0.4, 0.5) is 0 Å². The maximum atomic E-state index is 9.30. The number of hydrogen-bond donors (Lipinski definition) is 2. The van der Waals surface area contributed by atoms with Gasteiger partial charge in [-0.05, 0) is 18.2 Å². The monoisotopic (exact) mass is 274 g/mol. The van der Waals surface area contributed by atoms with E-state index in [1.54, 1.807) is 49.6 Å². The van der Waals surface area contributed by atoms with Gasteiger partial charge in [0.2, 0.25) is 0 Å². The van der Waals surface area contributed by atoms with Crippen LogP contribution in [0, 0.1) is 0 Å². The Morgan fingerprint density at radius 3 is 2.20 bits per heavy atom. The molecule has 104 valence electrons. The van der Waals surface area contributed by atoms with Gasteiger partial charge in [0.15, 0.2) is 11.5 Å². The van der Waals surface area contributed by atoms with Crippen LogP contribution in [0.2, 0.25) is 0 Å². The van der Waals surface area contributed by atoms with Gasteiger partial charge in [-0.2, -0.15) is 0 Å². The third-order valence-electron chi connectivity index (χ3n) is 2.78. The first-order valence-corrected chi connectivity index (χ1v) is 6.00. The second kappa shape index (κ2) is 6.32. The van der Waals surface area contributed by atoms with Gasteiger partial charge in [0.05, 0.1) is 14.2 Å². The van der Waals surface area contributed by atoms with Crippen LogP contribution < -0.4 is 19.7 Å². The Labute approximate surface area is 117 Å². The van der Waals surface area contributed by atoms with Crippen LogP contribution in [0.3, 0.4) is 0 Å². The van der Waals surface area contributed by atoms with Crippen molar-refractivity contribution in [1.82, 2.24) is 0 Å². The van der Waals surface area contributed by atoms with Crippen molar-refractivity contribution in [3.63, 3.8) is 0 Å². The molecule has 6 heteroatoms. The highest BCUT2D eigenvalue weighted by atomic mass is 16.5. The fourth-order valence-electron chi connectivity index (χ4n) is 1.79. The van der Waals surface area contributed by atoms with Crippen LogP contribution in [-0.2, 0) is 0 Å². The summed E-state index contributed by atoms with van der Waals surface area (Å²) in [5.41, 5.74) is 0.294. The van der Waals surface area contributed by atoms with E-state index in [0.717, 1.165) is 0 Å². The highest BCUT2D eigenvalue weighted by molar-refractivity contribution is 6.59. The third kappa shape index (κ3) is 3.04. The fourth-order valence-corrected chi connectivity index (χ4v) is 1.79. The number of para-hydroxylation sites is 1. The first kappa shape index (κ1) is 14.2. The molecule has 0 atom stereocenters. The van der Waals surface area contributed by atoms with Crippen LogP contribution in [-0.4, -0.2) is 31.4 Å². The average Bonchev–Trinajstić information content (AvgIpc) is 2.47. The summed E-state index contributed by atoms with van der Waals surface area (Å²) >= 11 is 0. The lowest BCUT2D eigenvalue weighted by atomic mass is 9.79. The summed E-state index contributed by atoms with van der Waals surface area (Å²) < 4.78 is 16.0. The Hall–Kier alpha value is -2.18. The maximum absolute atomic E-state index is 9.30. The van der Waals surface area contributed by atoms with Gasteiger partial charge in [0.1, 0.15) is 11.5 Å². The Morgan fingerprint density at radius 2 is 1.55 bits per heavy atom. The molecule has 20 heavy (non-hydrogen) atoms. The standard InChI is InChI=1S/C14H15BO5/c1-18-13-8-7-10(9-14(13)19-2)20-12-6-4-3-5-11(12)15(16)17/h3-9,16-17H,1-2H3. The second-order valence-corrected chi connectivity index (χ2v) is 4.03. The van der Waals surface area contributed by atoms with Gasteiger partial charge in [-0.25, -0.2) is 0 Å². The predicted molar refractivity (Wildman–Crippen MR) is 75.9 cm³/mol. The summed E-state index contributed by atoms with van der Waals surface area (Å²) in [6.45, 7) is 0. The van der Waals surface area contributed by atoms with Crippen LogP contribution in [0.1, 0.15) is 0 Å². The molecular formula is C14H15BO5. The molecule has 2 N–H and O–H groups in total. The summed E-state index contributed by atoms with van der Waals surface area (Å²) in [4.78, 5) is 0. The molecule has 0 saturated heterocycles. The highest BCUT2D eigenvalue weighted by Gasteiger charge is 2.17. The molecule has 0 fully saturated rings. The molecule has 0 aliphatic carbocycles. The van der Waals surface area contributed by atoms with E-state index in [1.165, 1.54) is 7.11 Å². The van der Waals surface area contributed by atoms with Crippen molar-refractivity contribution in [2.75, 3.05) is 14.2 Å².